The van der Waals surface area contributed by atoms with E-state index in [2.05, 4.69) is 36.0 Å². The van der Waals surface area contributed by atoms with Crippen LogP contribution in [0.25, 0.3) is 10.8 Å². The van der Waals surface area contributed by atoms with Gasteiger partial charge in [-0.2, -0.15) is 42.4 Å². The van der Waals surface area contributed by atoms with E-state index in [-0.39, 0.29) is 4.90 Å². The van der Waals surface area contributed by atoms with Crippen molar-refractivity contribution < 1.29 is 35.8 Å². The van der Waals surface area contributed by atoms with E-state index in [1.165, 1.54) is 30.3 Å². The van der Waals surface area contributed by atoms with Crippen LogP contribution in [-0.4, -0.2) is 38.2 Å². The minimum Gasteiger partial charge on any atom is -0.505 e. The SMILES string of the molecule is COc1ccc(Nc2ccc3c(O)c(N=Nc4cc(C)c(N=Nc5ccc(N=Nc6ccc(S(=O)(=O)O)cc6)cc5)cc4C)c(S(=O)(=O)O)cc3c2)cc1. The number of nitrogens with one attached hydrogen (secondary N) is 1. The quantitative estimate of drug-likeness (QED) is 0.0726. The molecular formula is C37H31N7O8S2. The largest absolute Gasteiger partial charge is 0.505 e. The second kappa shape index (κ2) is 15.3. The van der Waals surface area contributed by atoms with Crippen molar-refractivity contribution in [1.82, 2.24) is 0 Å². The first-order valence-electron chi connectivity index (χ1n) is 15.9. The molecule has 0 atom stereocenters. The zero-order chi connectivity index (χ0) is 38.6. The summed E-state index contributed by atoms with van der Waals surface area (Å²) in [5, 5.41) is 40.1. The van der Waals surface area contributed by atoms with Crippen LogP contribution >= 0.6 is 0 Å². The first-order chi connectivity index (χ1) is 25.7. The number of methoxy groups -OCH3 is 1. The summed E-state index contributed by atoms with van der Waals surface area (Å²) in [6.07, 6.45) is 0. The molecule has 0 bridgehead atoms. The molecule has 54 heavy (non-hydrogen) atoms. The molecular weight excluding hydrogens is 735 g/mol. The van der Waals surface area contributed by atoms with Crippen molar-refractivity contribution in [2.75, 3.05) is 12.4 Å². The number of nitrogens with zero attached hydrogens (tertiary/aromatic N) is 6. The average molecular weight is 766 g/mol. The van der Waals surface area contributed by atoms with Crippen LogP contribution < -0.4 is 10.1 Å². The van der Waals surface area contributed by atoms with E-state index in [1.54, 1.807) is 87.7 Å². The smallest absolute Gasteiger partial charge is 0.296 e. The molecule has 17 heteroatoms. The maximum Gasteiger partial charge on any atom is 0.296 e. The molecule has 0 heterocycles. The third-order valence-corrected chi connectivity index (χ3v) is 9.75. The predicted molar refractivity (Wildman–Crippen MR) is 203 cm³/mol. The lowest BCUT2D eigenvalue weighted by molar-refractivity contribution is 0.415. The van der Waals surface area contributed by atoms with Crippen molar-refractivity contribution in [3.05, 3.63) is 120 Å². The number of fused-ring (bicyclic) bond motifs is 1. The van der Waals surface area contributed by atoms with Gasteiger partial charge in [-0.15, -0.1) is 5.11 Å². The fraction of sp³-hybridized carbons (Fsp3) is 0.0811. The number of rotatable bonds is 11. The number of azo groups is 3. The van der Waals surface area contributed by atoms with E-state index in [4.69, 9.17) is 9.29 Å². The highest BCUT2D eigenvalue weighted by molar-refractivity contribution is 7.86. The van der Waals surface area contributed by atoms with Gasteiger partial charge in [0.2, 0.25) is 0 Å². The molecule has 6 aromatic carbocycles. The van der Waals surface area contributed by atoms with Crippen LogP contribution in [0, 0.1) is 13.8 Å². The molecule has 0 radical (unpaired) electrons. The summed E-state index contributed by atoms with van der Waals surface area (Å²) in [7, 11) is -7.56. The van der Waals surface area contributed by atoms with E-state index in [9.17, 15) is 26.5 Å². The molecule has 6 rings (SSSR count). The molecule has 0 amide bonds. The topological polar surface area (TPSA) is 224 Å². The number of benzene rings is 6. The lowest BCUT2D eigenvalue weighted by atomic mass is 10.1. The Hall–Kier alpha value is -6.40. The molecule has 4 N–H and O–H groups in total. The van der Waals surface area contributed by atoms with E-state index >= 15 is 0 Å². The molecule has 15 nitrogen and oxygen atoms in total. The predicted octanol–water partition coefficient (Wildman–Crippen LogP) is 10.7. The van der Waals surface area contributed by atoms with E-state index < -0.39 is 36.6 Å². The monoisotopic (exact) mass is 765 g/mol. The number of hydrogen-bond acceptors (Lipinski definition) is 13. The Morgan fingerprint density at radius 3 is 1.59 bits per heavy atom. The van der Waals surface area contributed by atoms with Gasteiger partial charge in [0.1, 0.15) is 16.3 Å². The number of aryl methyl sites for hydroxylation is 2. The highest BCUT2D eigenvalue weighted by Crippen LogP contribution is 2.43. The molecule has 0 saturated carbocycles. The van der Waals surface area contributed by atoms with Gasteiger partial charge in [-0.05, 0) is 140 Å². The Bertz CT molecular complexity index is 2680. The molecule has 0 spiro atoms. The lowest BCUT2D eigenvalue weighted by Crippen LogP contribution is -1.99. The summed E-state index contributed by atoms with van der Waals surface area (Å²) in [5.74, 6) is 0.216. The zero-order valence-corrected chi connectivity index (χ0v) is 30.4. The normalized spacial score (nSPS) is 12.3. The highest BCUT2D eigenvalue weighted by Gasteiger charge is 2.22. The average Bonchev–Trinajstić information content (AvgIpc) is 3.14. The van der Waals surface area contributed by atoms with Crippen LogP contribution in [0.3, 0.4) is 0 Å². The van der Waals surface area contributed by atoms with E-state index in [0.29, 0.717) is 61.8 Å². The summed E-state index contributed by atoms with van der Waals surface area (Å²) in [5.41, 5.74) is 4.58. The number of ether oxygens (including phenoxy) is 1. The van der Waals surface area contributed by atoms with Crippen molar-refractivity contribution >= 4 is 76.5 Å². The molecule has 0 aliphatic carbocycles. The van der Waals surface area contributed by atoms with Crippen molar-refractivity contribution in [1.29, 1.82) is 0 Å². The van der Waals surface area contributed by atoms with Gasteiger partial charge < -0.3 is 15.2 Å². The van der Waals surface area contributed by atoms with E-state index in [1.807, 2.05) is 12.1 Å². The van der Waals surface area contributed by atoms with Crippen LogP contribution in [0.5, 0.6) is 11.5 Å². The Balaban J connectivity index is 1.19. The number of hydrogen-bond donors (Lipinski definition) is 4. The minimum atomic E-state index is -4.83. The lowest BCUT2D eigenvalue weighted by Gasteiger charge is -2.12. The van der Waals surface area contributed by atoms with Crippen molar-refractivity contribution in [2.24, 2.45) is 30.7 Å². The first-order valence-corrected chi connectivity index (χ1v) is 18.8. The van der Waals surface area contributed by atoms with Gasteiger partial charge in [-0.1, -0.05) is 0 Å². The van der Waals surface area contributed by atoms with Gasteiger partial charge in [-0.25, -0.2) is 0 Å². The molecule has 0 fully saturated rings. The van der Waals surface area contributed by atoms with Crippen molar-refractivity contribution in [3.8, 4) is 11.5 Å². The molecule has 0 aliphatic heterocycles. The molecule has 6 aromatic rings. The summed E-state index contributed by atoms with van der Waals surface area (Å²) in [6, 6.07) is 28.8. The maximum atomic E-state index is 12.5. The number of phenolic OH excluding ortho intramolecular Hbond substituents is 1. The summed E-state index contributed by atoms with van der Waals surface area (Å²) < 4.78 is 71.7. The Morgan fingerprint density at radius 1 is 0.574 bits per heavy atom. The Labute approximate surface area is 309 Å². The maximum absolute atomic E-state index is 12.5. The Morgan fingerprint density at radius 2 is 1.07 bits per heavy atom. The van der Waals surface area contributed by atoms with Crippen molar-refractivity contribution in [3.63, 3.8) is 0 Å². The first kappa shape index (κ1) is 37.4. The van der Waals surface area contributed by atoms with Crippen molar-refractivity contribution in [2.45, 2.75) is 23.6 Å². The summed E-state index contributed by atoms with van der Waals surface area (Å²) >= 11 is 0. The summed E-state index contributed by atoms with van der Waals surface area (Å²) in [4.78, 5) is -0.856. The number of phenols is 1. The fourth-order valence-corrected chi connectivity index (χ4v) is 6.30. The van der Waals surface area contributed by atoms with Gasteiger partial charge in [0.15, 0.2) is 5.75 Å². The van der Waals surface area contributed by atoms with Crippen LogP contribution in [0.1, 0.15) is 11.1 Å². The van der Waals surface area contributed by atoms with Crippen LogP contribution in [0.15, 0.2) is 150 Å². The number of aromatic hydroxyl groups is 1. The van der Waals surface area contributed by atoms with Crippen LogP contribution in [0.4, 0.5) is 45.5 Å². The van der Waals surface area contributed by atoms with Gasteiger partial charge in [-0.3, -0.25) is 9.11 Å². The minimum absolute atomic E-state index is 0.245. The molecule has 0 aliphatic rings. The second-order valence-electron chi connectivity index (χ2n) is 11.8. The second-order valence-corrected chi connectivity index (χ2v) is 14.7. The summed E-state index contributed by atoms with van der Waals surface area (Å²) in [6.45, 7) is 3.54. The third-order valence-electron chi connectivity index (χ3n) is 8.02. The van der Waals surface area contributed by atoms with Gasteiger partial charge in [0.05, 0.1) is 40.4 Å². The van der Waals surface area contributed by atoms with Crippen LogP contribution in [-0.2, 0) is 20.2 Å². The van der Waals surface area contributed by atoms with Gasteiger partial charge >= 0.3 is 0 Å². The standard InChI is InChI=1S/C37H31N7O8S2/c1-22-19-34(23(2)18-33(22)42-41-27-6-4-26(5-7-27)39-40-28-10-15-31(16-11-28)53(46,47)48)43-44-36-35(54(49,50)51)21-24-20-29(12-17-32(24)37(36)45)38-25-8-13-30(52-3)14-9-25/h4-21,38,45H,1-3H3,(H,46,47,48)(H,49,50,51). The molecule has 0 saturated heterocycles. The fourth-order valence-electron chi connectivity index (χ4n) is 5.17. The van der Waals surface area contributed by atoms with Gasteiger partial charge in [0.25, 0.3) is 20.2 Å². The molecule has 0 unspecified atom stereocenters. The Kier molecular flexibility index (Phi) is 10.6. The third kappa shape index (κ3) is 8.79. The highest BCUT2D eigenvalue weighted by atomic mass is 32.2. The van der Waals surface area contributed by atoms with E-state index in [0.717, 1.165) is 5.69 Å². The molecule has 274 valence electrons. The zero-order valence-electron chi connectivity index (χ0n) is 28.8. The molecule has 0 aromatic heterocycles. The van der Waals surface area contributed by atoms with Crippen LogP contribution in [0.2, 0.25) is 0 Å². The van der Waals surface area contributed by atoms with Gasteiger partial charge in [0, 0.05) is 16.8 Å². The number of anilines is 2.